The molecule has 182 valence electrons. The van der Waals surface area contributed by atoms with Gasteiger partial charge in [0.05, 0.1) is 6.04 Å². The number of thiol groups is 1. The molecule has 0 fully saturated rings. The number of nitrogens with one attached hydrogen (secondary N) is 3. The maximum absolute atomic E-state index is 12.8. The average molecular weight is 478 g/mol. The molecule has 0 aromatic heterocycles. The molecule has 0 rings (SSSR count). The first-order valence-corrected chi connectivity index (χ1v) is 10.3. The molecule has 32 heavy (non-hydrogen) atoms. The van der Waals surface area contributed by atoms with E-state index in [0.717, 1.165) is 0 Å². The van der Waals surface area contributed by atoms with Crippen molar-refractivity contribution < 1.29 is 34.2 Å². The van der Waals surface area contributed by atoms with Gasteiger partial charge in [-0.3, -0.25) is 29.0 Å². The zero-order chi connectivity index (χ0) is 24.8. The molecule has 0 saturated carbocycles. The van der Waals surface area contributed by atoms with Crippen LogP contribution < -0.4 is 33.2 Å². The Morgan fingerprint density at radius 1 is 0.938 bits per heavy atom. The lowest BCUT2D eigenvalue weighted by molar-refractivity contribution is -0.142. The van der Waals surface area contributed by atoms with Crippen molar-refractivity contribution in [3.05, 3.63) is 0 Å². The Bertz CT molecular complexity index is 715. The third-order valence-corrected chi connectivity index (χ3v) is 4.51. The summed E-state index contributed by atoms with van der Waals surface area (Å²) >= 11 is 3.93. The quantitative estimate of drug-likeness (QED) is 0.0492. The largest absolute Gasteiger partial charge is 0.481 e. The van der Waals surface area contributed by atoms with E-state index in [0.29, 0.717) is 0 Å². The molecule has 3 amide bonds. The van der Waals surface area contributed by atoms with E-state index in [2.05, 4.69) is 33.6 Å². The van der Waals surface area contributed by atoms with Crippen molar-refractivity contribution in [1.82, 2.24) is 16.0 Å². The fraction of sp³-hybridized carbons (Fsp3) is 0.647. The Labute approximate surface area is 190 Å². The van der Waals surface area contributed by atoms with E-state index in [-0.39, 0.29) is 37.5 Å². The third-order valence-electron chi connectivity index (χ3n) is 4.12. The molecule has 0 saturated heterocycles. The SMILES string of the molecule is CC(NC(=O)C(CCC(=O)O)NC(=O)C(CCCN=C(N)N)NC(=O)C(N)CS)C(=O)O. The van der Waals surface area contributed by atoms with Crippen molar-refractivity contribution in [1.29, 1.82) is 0 Å². The standard InChI is InChI=1S/C17H31N7O7S/c1-8(16(30)31)22-14(28)11(4-5-12(25)26)24-15(29)10(3-2-6-21-17(19)20)23-13(27)9(18)7-32/h8-11,32H,2-7,18H2,1H3,(H,22,28)(H,23,27)(H,24,29)(H,25,26)(H,30,31)(H4,19,20,21). The highest BCUT2D eigenvalue weighted by atomic mass is 32.1. The number of nitrogens with two attached hydrogens (primary N) is 3. The molecule has 0 aliphatic rings. The van der Waals surface area contributed by atoms with Gasteiger partial charge in [-0.05, 0) is 26.2 Å². The van der Waals surface area contributed by atoms with Crippen molar-refractivity contribution in [2.75, 3.05) is 12.3 Å². The van der Waals surface area contributed by atoms with Crippen molar-refractivity contribution in [3.63, 3.8) is 0 Å². The van der Waals surface area contributed by atoms with Crippen LogP contribution in [-0.2, 0) is 24.0 Å². The van der Waals surface area contributed by atoms with Crippen LogP contribution in [-0.4, -0.2) is 82.3 Å². The summed E-state index contributed by atoms with van der Waals surface area (Å²) in [7, 11) is 0. The fourth-order valence-electron chi connectivity index (χ4n) is 2.32. The fourth-order valence-corrected chi connectivity index (χ4v) is 2.48. The topological polar surface area (TPSA) is 252 Å². The lowest BCUT2D eigenvalue weighted by Crippen LogP contribution is -2.57. The predicted octanol–water partition coefficient (Wildman–Crippen LogP) is -3.28. The van der Waals surface area contributed by atoms with Crippen LogP contribution in [0.2, 0.25) is 0 Å². The van der Waals surface area contributed by atoms with E-state index in [1.165, 1.54) is 6.92 Å². The van der Waals surface area contributed by atoms with Gasteiger partial charge in [0.1, 0.15) is 18.1 Å². The smallest absolute Gasteiger partial charge is 0.325 e. The number of amides is 3. The minimum atomic E-state index is -1.35. The number of hydrogen-bond donors (Lipinski definition) is 9. The van der Waals surface area contributed by atoms with Crippen LogP contribution in [0.15, 0.2) is 4.99 Å². The van der Waals surface area contributed by atoms with Crippen LogP contribution in [0.25, 0.3) is 0 Å². The van der Waals surface area contributed by atoms with Gasteiger partial charge in [-0.2, -0.15) is 12.6 Å². The summed E-state index contributed by atoms with van der Waals surface area (Å²) in [5, 5.41) is 24.8. The number of carboxylic acids is 2. The summed E-state index contributed by atoms with van der Waals surface area (Å²) in [5.41, 5.74) is 16.1. The van der Waals surface area contributed by atoms with E-state index in [1.54, 1.807) is 0 Å². The predicted molar refractivity (Wildman–Crippen MR) is 118 cm³/mol. The number of aliphatic carboxylic acids is 2. The van der Waals surface area contributed by atoms with Gasteiger partial charge in [-0.25, -0.2) is 0 Å². The second-order valence-electron chi connectivity index (χ2n) is 6.86. The monoisotopic (exact) mass is 477 g/mol. The summed E-state index contributed by atoms with van der Waals surface area (Å²) in [6.07, 6.45) is -0.406. The Kier molecular flexibility index (Phi) is 13.4. The molecule has 0 aromatic carbocycles. The Balaban J connectivity index is 5.43. The van der Waals surface area contributed by atoms with E-state index in [4.69, 9.17) is 27.4 Å². The zero-order valence-electron chi connectivity index (χ0n) is 17.6. The second-order valence-corrected chi connectivity index (χ2v) is 7.23. The summed E-state index contributed by atoms with van der Waals surface area (Å²) < 4.78 is 0. The maximum atomic E-state index is 12.8. The molecule has 0 heterocycles. The molecule has 0 bridgehead atoms. The van der Waals surface area contributed by atoms with Crippen LogP contribution in [0, 0.1) is 0 Å². The zero-order valence-corrected chi connectivity index (χ0v) is 18.5. The Morgan fingerprint density at radius 2 is 1.47 bits per heavy atom. The van der Waals surface area contributed by atoms with Gasteiger partial charge < -0.3 is 43.4 Å². The van der Waals surface area contributed by atoms with Crippen LogP contribution >= 0.6 is 12.6 Å². The molecule has 0 aliphatic heterocycles. The van der Waals surface area contributed by atoms with E-state index < -0.39 is 60.2 Å². The summed E-state index contributed by atoms with van der Waals surface area (Å²) in [4.78, 5) is 63.0. The van der Waals surface area contributed by atoms with Gasteiger partial charge in [0, 0.05) is 18.7 Å². The highest BCUT2D eigenvalue weighted by Crippen LogP contribution is 2.04. The first-order valence-electron chi connectivity index (χ1n) is 9.66. The average Bonchev–Trinajstić information content (AvgIpc) is 2.71. The van der Waals surface area contributed by atoms with Crippen LogP contribution in [0.4, 0.5) is 0 Å². The van der Waals surface area contributed by atoms with Gasteiger partial charge in [0.2, 0.25) is 17.7 Å². The number of carbonyl (C=O) groups is 5. The van der Waals surface area contributed by atoms with Gasteiger partial charge >= 0.3 is 11.9 Å². The number of nitrogens with zero attached hydrogens (tertiary/aromatic N) is 1. The highest BCUT2D eigenvalue weighted by Gasteiger charge is 2.29. The molecule has 4 unspecified atom stereocenters. The van der Waals surface area contributed by atoms with Crippen molar-refractivity contribution in [2.45, 2.75) is 56.8 Å². The lowest BCUT2D eigenvalue weighted by atomic mass is 10.1. The molecule has 0 spiro atoms. The first-order chi connectivity index (χ1) is 14.9. The number of carboxylic acid groups (broad SMARTS) is 2. The summed E-state index contributed by atoms with van der Waals surface area (Å²) in [6.45, 7) is 1.38. The minimum Gasteiger partial charge on any atom is -0.481 e. The second kappa shape index (κ2) is 14.9. The summed E-state index contributed by atoms with van der Waals surface area (Å²) in [5.74, 6) is -4.99. The molecule has 0 radical (unpaired) electrons. The number of guanidine groups is 1. The normalized spacial score (nSPS) is 14.2. The number of rotatable bonds is 15. The van der Waals surface area contributed by atoms with Crippen LogP contribution in [0.3, 0.4) is 0 Å². The summed E-state index contributed by atoms with van der Waals surface area (Å²) in [6, 6.07) is -4.75. The molecular formula is C17H31N7O7S. The molecular weight excluding hydrogens is 446 g/mol. The molecule has 15 heteroatoms. The Morgan fingerprint density at radius 3 is 1.97 bits per heavy atom. The van der Waals surface area contributed by atoms with Gasteiger partial charge in [0.15, 0.2) is 5.96 Å². The van der Waals surface area contributed by atoms with Gasteiger partial charge in [-0.15, -0.1) is 0 Å². The number of aliphatic imine (C=N–C) groups is 1. The van der Waals surface area contributed by atoms with E-state index in [9.17, 15) is 24.0 Å². The Hall–Kier alpha value is -3.07. The minimum absolute atomic E-state index is 0.0187. The van der Waals surface area contributed by atoms with E-state index in [1.807, 2.05) is 0 Å². The van der Waals surface area contributed by atoms with Gasteiger partial charge in [-0.1, -0.05) is 0 Å². The van der Waals surface area contributed by atoms with Crippen molar-refractivity contribution >= 4 is 48.2 Å². The van der Waals surface area contributed by atoms with Crippen molar-refractivity contribution in [2.24, 2.45) is 22.2 Å². The number of carbonyl (C=O) groups excluding carboxylic acids is 3. The molecule has 0 aliphatic carbocycles. The van der Waals surface area contributed by atoms with Crippen molar-refractivity contribution in [3.8, 4) is 0 Å². The number of hydrogen-bond acceptors (Lipinski definition) is 8. The van der Waals surface area contributed by atoms with Crippen LogP contribution in [0.1, 0.15) is 32.6 Å². The molecule has 4 atom stereocenters. The van der Waals surface area contributed by atoms with E-state index >= 15 is 0 Å². The highest BCUT2D eigenvalue weighted by molar-refractivity contribution is 7.80. The van der Waals surface area contributed by atoms with Gasteiger partial charge in [0.25, 0.3) is 0 Å². The maximum Gasteiger partial charge on any atom is 0.325 e. The molecule has 14 nitrogen and oxygen atoms in total. The van der Waals surface area contributed by atoms with Crippen LogP contribution in [0.5, 0.6) is 0 Å². The molecule has 0 aromatic rings. The molecule has 11 N–H and O–H groups in total. The first kappa shape index (κ1) is 28.9. The lowest BCUT2D eigenvalue weighted by Gasteiger charge is -2.24. The third kappa shape index (κ3) is 11.9.